The van der Waals surface area contributed by atoms with Gasteiger partial charge < -0.3 is 15.6 Å². The summed E-state index contributed by atoms with van der Waals surface area (Å²) in [5.74, 6) is -0.583. The van der Waals surface area contributed by atoms with Crippen molar-refractivity contribution in [2.45, 2.75) is 19.8 Å². The molecule has 0 aliphatic heterocycles. The maximum atomic E-state index is 11.9. The highest BCUT2D eigenvalue weighted by Gasteiger charge is 2.10. The minimum Gasteiger partial charge on any atom is -0.361 e. The third-order valence-electron chi connectivity index (χ3n) is 4.01. The molecule has 0 aliphatic rings. The normalized spacial score (nSPS) is 10.6. The molecule has 0 saturated carbocycles. The van der Waals surface area contributed by atoms with Gasteiger partial charge in [-0.15, -0.1) is 0 Å². The summed E-state index contributed by atoms with van der Waals surface area (Å²) >= 11 is 0. The average Bonchev–Trinajstić information content (AvgIpc) is 2.98. The van der Waals surface area contributed by atoms with E-state index < -0.39 is 0 Å². The second kappa shape index (κ2) is 7.66. The molecule has 1 aromatic heterocycles. The summed E-state index contributed by atoms with van der Waals surface area (Å²) in [6.07, 6.45) is 2.50. The Labute approximate surface area is 146 Å². The Morgan fingerprint density at radius 1 is 1.04 bits per heavy atom. The van der Waals surface area contributed by atoms with Gasteiger partial charge in [0.2, 0.25) is 11.8 Å². The van der Waals surface area contributed by atoms with E-state index in [1.165, 1.54) is 0 Å². The molecule has 0 fully saturated rings. The molecular formula is C20H21N3O2. The molecule has 25 heavy (non-hydrogen) atoms. The number of anilines is 1. The number of carbonyl (C=O) groups is 2. The van der Waals surface area contributed by atoms with Crippen LogP contribution in [0.25, 0.3) is 10.9 Å². The van der Waals surface area contributed by atoms with E-state index in [0.29, 0.717) is 12.2 Å². The van der Waals surface area contributed by atoms with Crippen molar-refractivity contribution >= 4 is 28.4 Å². The van der Waals surface area contributed by atoms with Crippen LogP contribution in [0, 0.1) is 6.92 Å². The molecule has 2 aromatic carbocycles. The van der Waals surface area contributed by atoms with E-state index in [4.69, 9.17) is 0 Å². The molecule has 128 valence electrons. The summed E-state index contributed by atoms with van der Waals surface area (Å²) < 4.78 is 0. The monoisotopic (exact) mass is 335 g/mol. The van der Waals surface area contributed by atoms with Gasteiger partial charge in [-0.05, 0) is 42.7 Å². The second-order valence-corrected chi connectivity index (χ2v) is 6.05. The predicted octanol–water partition coefficient (Wildman–Crippen LogP) is 3.16. The maximum absolute atomic E-state index is 11.9. The molecule has 0 atom stereocenters. The molecule has 5 nitrogen and oxygen atoms in total. The third-order valence-corrected chi connectivity index (χ3v) is 4.01. The van der Waals surface area contributed by atoms with Crippen molar-refractivity contribution in [1.82, 2.24) is 10.3 Å². The Balaban J connectivity index is 1.45. The Bertz CT molecular complexity index is 899. The molecule has 0 bridgehead atoms. The first-order valence-electron chi connectivity index (χ1n) is 8.30. The summed E-state index contributed by atoms with van der Waals surface area (Å²) in [6, 6.07) is 15.5. The number of para-hydroxylation sites is 1. The Morgan fingerprint density at radius 2 is 1.88 bits per heavy atom. The maximum Gasteiger partial charge on any atom is 0.233 e. The quantitative estimate of drug-likeness (QED) is 0.605. The van der Waals surface area contributed by atoms with Crippen molar-refractivity contribution in [2.75, 3.05) is 11.9 Å². The Kier molecular flexibility index (Phi) is 5.14. The highest BCUT2D eigenvalue weighted by Crippen LogP contribution is 2.17. The highest BCUT2D eigenvalue weighted by molar-refractivity contribution is 6.03. The predicted molar refractivity (Wildman–Crippen MR) is 99.4 cm³/mol. The number of nitrogens with one attached hydrogen (secondary N) is 3. The standard InChI is InChI=1S/C20H21N3O2/c1-14-5-4-6-16(11-14)23-20(25)12-19(24)21-10-9-15-13-22-18-8-3-2-7-17(15)18/h2-8,11,13,22H,9-10,12H2,1H3,(H,21,24)(H,23,25). The van der Waals surface area contributed by atoms with Crippen LogP contribution >= 0.6 is 0 Å². The Morgan fingerprint density at radius 3 is 2.72 bits per heavy atom. The minimum absolute atomic E-state index is 0.179. The van der Waals surface area contributed by atoms with Crippen molar-refractivity contribution < 1.29 is 9.59 Å². The molecule has 0 aliphatic carbocycles. The number of hydrogen-bond donors (Lipinski definition) is 3. The number of aromatic nitrogens is 1. The van der Waals surface area contributed by atoms with Crippen molar-refractivity contribution in [1.29, 1.82) is 0 Å². The number of aryl methyl sites for hydroxylation is 1. The number of amides is 2. The van der Waals surface area contributed by atoms with Gasteiger partial charge in [0.25, 0.3) is 0 Å². The van der Waals surface area contributed by atoms with Gasteiger partial charge in [-0.1, -0.05) is 30.3 Å². The fourth-order valence-electron chi connectivity index (χ4n) is 2.81. The lowest BCUT2D eigenvalue weighted by Gasteiger charge is -2.07. The number of hydrogen-bond acceptors (Lipinski definition) is 2. The molecule has 0 unspecified atom stereocenters. The van der Waals surface area contributed by atoms with Crippen LogP contribution in [0.2, 0.25) is 0 Å². The average molecular weight is 335 g/mol. The number of benzene rings is 2. The van der Waals surface area contributed by atoms with Gasteiger partial charge in [0, 0.05) is 29.3 Å². The first kappa shape index (κ1) is 16.8. The number of carbonyl (C=O) groups excluding carboxylic acids is 2. The molecule has 1 heterocycles. The van der Waals surface area contributed by atoms with Crippen LogP contribution in [0.1, 0.15) is 17.5 Å². The Hall–Kier alpha value is -3.08. The van der Waals surface area contributed by atoms with E-state index in [0.717, 1.165) is 28.5 Å². The molecule has 0 spiro atoms. The van der Waals surface area contributed by atoms with Crippen LogP contribution in [0.5, 0.6) is 0 Å². The van der Waals surface area contributed by atoms with Crippen molar-refractivity contribution in [3.63, 3.8) is 0 Å². The zero-order chi connectivity index (χ0) is 17.6. The van der Waals surface area contributed by atoms with Crippen LogP contribution in [0.15, 0.2) is 54.7 Å². The lowest BCUT2D eigenvalue weighted by molar-refractivity contribution is -0.126. The first-order chi connectivity index (χ1) is 12.1. The van der Waals surface area contributed by atoms with Gasteiger partial charge in [0.1, 0.15) is 6.42 Å². The smallest absolute Gasteiger partial charge is 0.233 e. The zero-order valence-electron chi connectivity index (χ0n) is 14.1. The first-order valence-corrected chi connectivity index (χ1v) is 8.30. The van der Waals surface area contributed by atoms with E-state index in [1.54, 1.807) is 6.07 Å². The lowest BCUT2D eigenvalue weighted by atomic mass is 10.1. The molecule has 3 aromatic rings. The van der Waals surface area contributed by atoms with E-state index >= 15 is 0 Å². The molecule has 5 heteroatoms. The summed E-state index contributed by atoms with van der Waals surface area (Å²) in [5.41, 5.74) is 4.00. The third kappa shape index (κ3) is 4.47. The van der Waals surface area contributed by atoms with Crippen molar-refractivity contribution in [2.24, 2.45) is 0 Å². The fourth-order valence-corrected chi connectivity index (χ4v) is 2.81. The SMILES string of the molecule is Cc1cccc(NC(=O)CC(=O)NCCc2c[nH]c3ccccc23)c1. The number of H-pyrrole nitrogens is 1. The molecular weight excluding hydrogens is 314 g/mol. The number of aromatic amines is 1. The van der Waals surface area contributed by atoms with Gasteiger partial charge in [-0.3, -0.25) is 9.59 Å². The van der Waals surface area contributed by atoms with Gasteiger partial charge in [-0.2, -0.15) is 0 Å². The summed E-state index contributed by atoms with van der Waals surface area (Å²) in [4.78, 5) is 27.1. The van der Waals surface area contributed by atoms with Crippen LogP contribution in [-0.2, 0) is 16.0 Å². The number of fused-ring (bicyclic) bond motifs is 1. The molecule has 3 N–H and O–H groups in total. The summed E-state index contributed by atoms with van der Waals surface area (Å²) in [5, 5.41) is 6.70. The molecule has 2 amide bonds. The minimum atomic E-state index is -0.310. The van der Waals surface area contributed by atoms with E-state index in [-0.39, 0.29) is 18.2 Å². The van der Waals surface area contributed by atoms with E-state index in [1.807, 2.05) is 49.5 Å². The van der Waals surface area contributed by atoms with Crippen LogP contribution < -0.4 is 10.6 Å². The van der Waals surface area contributed by atoms with Crippen molar-refractivity contribution in [3.8, 4) is 0 Å². The zero-order valence-corrected chi connectivity index (χ0v) is 14.1. The number of rotatable bonds is 6. The van der Waals surface area contributed by atoms with Gasteiger partial charge in [0.05, 0.1) is 0 Å². The van der Waals surface area contributed by atoms with Crippen LogP contribution in [0.3, 0.4) is 0 Å². The molecule has 3 rings (SSSR count). The van der Waals surface area contributed by atoms with Crippen molar-refractivity contribution in [3.05, 3.63) is 65.9 Å². The van der Waals surface area contributed by atoms with E-state index in [9.17, 15) is 9.59 Å². The van der Waals surface area contributed by atoms with Crippen LogP contribution in [0.4, 0.5) is 5.69 Å². The summed E-state index contributed by atoms with van der Waals surface area (Å²) in [6.45, 7) is 2.45. The summed E-state index contributed by atoms with van der Waals surface area (Å²) in [7, 11) is 0. The highest BCUT2D eigenvalue weighted by atomic mass is 16.2. The van der Waals surface area contributed by atoms with E-state index in [2.05, 4.69) is 21.7 Å². The van der Waals surface area contributed by atoms with Crippen LogP contribution in [-0.4, -0.2) is 23.3 Å². The van der Waals surface area contributed by atoms with Gasteiger partial charge in [0.15, 0.2) is 0 Å². The molecule has 0 saturated heterocycles. The lowest BCUT2D eigenvalue weighted by Crippen LogP contribution is -2.29. The fraction of sp³-hybridized carbons (Fsp3) is 0.200. The van der Waals surface area contributed by atoms with Gasteiger partial charge >= 0.3 is 0 Å². The van der Waals surface area contributed by atoms with Gasteiger partial charge in [-0.25, -0.2) is 0 Å². The molecule has 0 radical (unpaired) electrons. The topological polar surface area (TPSA) is 74.0 Å². The largest absolute Gasteiger partial charge is 0.361 e. The second-order valence-electron chi connectivity index (χ2n) is 6.05.